The average molecular weight is 200 g/mol. The molecule has 15 heavy (non-hydrogen) atoms. The van der Waals surface area contributed by atoms with Crippen LogP contribution in [0.2, 0.25) is 0 Å². The lowest BCUT2D eigenvalue weighted by Crippen LogP contribution is -2.10. The third kappa shape index (κ3) is 1.91. The molecule has 0 saturated carbocycles. The van der Waals surface area contributed by atoms with Gasteiger partial charge in [0.2, 0.25) is 0 Å². The minimum atomic E-state index is -0.466. The summed E-state index contributed by atoms with van der Waals surface area (Å²) < 4.78 is 4.54. The van der Waals surface area contributed by atoms with Crippen molar-refractivity contribution in [1.29, 1.82) is 0 Å². The van der Waals surface area contributed by atoms with Crippen LogP contribution in [0.1, 0.15) is 0 Å². The molecule has 1 amide bonds. The second kappa shape index (κ2) is 4.00. The highest BCUT2D eigenvalue weighted by molar-refractivity contribution is 5.99. The monoisotopic (exact) mass is 200 g/mol. The largest absolute Gasteiger partial charge is 0.453 e. The van der Waals surface area contributed by atoms with E-state index in [1.807, 2.05) is 36.4 Å². The molecule has 0 spiro atoms. The van der Waals surface area contributed by atoms with Gasteiger partial charge in [-0.25, -0.2) is 4.79 Å². The first-order chi connectivity index (χ1) is 7.31. The number of rotatable bonds is 1. The standard InChI is InChI=1S/C12H10NO2/c1-15-12(14)13-11-8-4-6-9-5-2-3-7-10(9)11/h2-4,6-8H,1H3,(H,13,14). The van der Waals surface area contributed by atoms with Gasteiger partial charge in [-0.3, -0.25) is 5.32 Å². The molecule has 0 saturated heterocycles. The maximum atomic E-state index is 11.1. The first-order valence-corrected chi connectivity index (χ1v) is 4.55. The van der Waals surface area contributed by atoms with E-state index in [2.05, 4.69) is 16.1 Å². The third-order valence-electron chi connectivity index (χ3n) is 2.13. The summed E-state index contributed by atoms with van der Waals surface area (Å²) in [5.74, 6) is 0. The third-order valence-corrected chi connectivity index (χ3v) is 2.13. The normalized spacial score (nSPS) is 9.93. The zero-order valence-corrected chi connectivity index (χ0v) is 8.28. The molecule has 0 aliphatic carbocycles. The maximum Gasteiger partial charge on any atom is 0.411 e. The SMILES string of the molecule is COC(=O)Nc1cccc2[c]cccc12. The molecule has 0 aliphatic heterocycles. The zero-order valence-electron chi connectivity index (χ0n) is 8.28. The fourth-order valence-corrected chi connectivity index (χ4v) is 1.42. The molecule has 0 heterocycles. The number of methoxy groups -OCH3 is 1. The van der Waals surface area contributed by atoms with Gasteiger partial charge in [0, 0.05) is 5.39 Å². The van der Waals surface area contributed by atoms with Gasteiger partial charge in [0.15, 0.2) is 0 Å². The van der Waals surface area contributed by atoms with Crippen LogP contribution in [0.25, 0.3) is 10.8 Å². The second-order valence-corrected chi connectivity index (χ2v) is 3.05. The van der Waals surface area contributed by atoms with Crippen molar-refractivity contribution in [3.63, 3.8) is 0 Å². The van der Waals surface area contributed by atoms with Gasteiger partial charge >= 0.3 is 6.09 Å². The van der Waals surface area contributed by atoms with Crippen LogP contribution in [-0.4, -0.2) is 13.2 Å². The highest BCUT2D eigenvalue weighted by Crippen LogP contribution is 2.22. The summed E-state index contributed by atoms with van der Waals surface area (Å²) in [5.41, 5.74) is 0.733. The van der Waals surface area contributed by atoms with Gasteiger partial charge in [0.05, 0.1) is 12.8 Å². The first kappa shape index (κ1) is 9.52. The van der Waals surface area contributed by atoms with Crippen molar-refractivity contribution in [3.05, 3.63) is 42.5 Å². The van der Waals surface area contributed by atoms with Crippen molar-refractivity contribution < 1.29 is 9.53 Å². The number of anilines is 1. The molecule has 0 bridgehead atoms. The Labute approximate surface area is 87.7 Å². The van der Waals surface area contributed by atoms with E-state index in [4.69, 9.17) is 0 Å². The summed E-state index contributed by atoms with van der Waals surface area (Å²) in [6, 6.07) is 14.4. The number of carbonyl (C=O) groups excluding carboxylic acids is 1. The number of fused-ring (bicyclic) bond motifs is 1. The molecule has 2 aromatic carbocycles. The van der Waals surface area contributed by atoms with E-state index >= 15 is 0 Å². The van der Waals surface area contributed by atoms with Crippen LogP contribution in [0, 0.1) is 6.07 Å². The predicted molar refractivity (Wildman–Crippen MR) is 58.8 cm³/mol. The molecule has 2 aromatic rings. The number of hydrogen-bond acceptors (Lipinski definition) is 2. The highest BCUT2D eigenvalue weighted by atomic mass is 16.5. The molecule has 0 aromatic heterocycles. The molecule has 1 N–H and O–H groups in total. The van der Waals surface area contributed by atoms with Crippen molar-refractivity contribution in [2.75, 3.05) is 12.4 Å². The Kier molecular flexibility index (Phi) is 2.54. The molecule has 1 radical (unpaired) electrons. The van der Waals surface area contributed by atoms with Crippen LogP contribution in [-0.2, 0) is 4.74 Å². The number of benzene rings is 2. The molecule has 2 rings (SSSR count). The topological polar surface area (TPSA) is 38.3 Å². The Bertz CT molecular complexity index is 488. The van der Waals surface area contributed by atoms with Gasteiger partial charge in [-0.15, -0.1) is 0 Å². The van der Waals surface area contributed by atoms with Crippen LogP contribution >= 0.6 is 0 Å². The van der Waals surface area contributed by atoms with E-state index in [-0.39, 0.29) is 0 Å². The lowest BCUT2D eigenvalue weighted by Gasteiger charge is -2.06. The molecule has 3 nitrogen and oxygen atoms in total. The number of hydrogen-bond donors (Lipinski definition) is 1. The number of ether oxygens (including phenoxy) is 1. The average Bonchev–Trinajstić information content (AvgIpc) is 2.29. The van der Waals surface area contributed by atoms with Gasteiger partial charge in [-0.1, -0.05) is 30.3 Å². The Balaban J connectivity index is 2.46. The Morgan fingerprint density at radius 2 is 2.20 bits per heavy atom. The molecule has 3 heteroatoms. The predicted octanol–water partition coefficient (Wildman–Crippen LogP) is 2.82. The van der Waals surface area contributed by atoms with Crippen LogP contribution in [0.4, 0.5) is 10.5 Å². The van der Waals surface area contributed by atoms with Gasteiger partial charge < -0.3 is 4.74 Å². The Hall–Kier alpha value is -2.03. The molecular weight excluding hydrogens is 190 g/mol. The zero-order chi connectivity index (χ0) is 10.7. The van der Waals surface area contributed by atoms with E-state index < -0.39 is 6.09 Å². The Morgan fingerprint density at radius 1 is 1.33 bits per heavy atom. The first-order valence-electron chi connectivity index (χ1n) is 4.55. The van der Waals surface area contributed by atoms with Gasteiger partial charge in [-0.05, 0) is 17.5 Å². The van der Waals surface area contributed by atoms with Crippen molar-refractivity contribution in [2.24, 2.45) is 0 Å². The number of nitrogens with one attached hydrogen (secondary N) is 1. The summed E-state index contributed by atoms with van der Waals surface area (Å²) in [6.45, 7) is 0. The number of amides is 1. The summed E-state index contributed by atoms with van der Waals surface area (Å²) in [6.07, 6.45) is -0.466. The van der Waals surface area contributed by atoms with E-state index in [0.717, 1.165) is 16.5 Å². The van der Waals surface area contributed by atoms with Gasteiger partial charge in [0.25, 0.3) is 0 Å². The van der Waals surface area contributed by atoms with E-state index in [1.54, 1.807) is 0 Å². The maximum absolute atomic E-state index is 11.1. The van der Waals surface area contributed by atoms with Crippen LogP contribution in [0.5, 0.6) is 0 Å². The van der Waals surface area contributed by atoms with Gasteiger partial charge in [0.1, 0.15) is 0 Å². The fraction of sp³-hybridized carbons (Fsp3) is 0.0833. The second-order valence-electron chi connectivity index (χ2n) is 3.05. The van der Waals surface area contributed by atoms with E-state index in [0.29, 0.717) is 0 Å². The van der Waals surface area contributed by atoms with Crippen LogP contribution in [0.15, 0.2) is 36.4 Å². The lowest BCUT2D eigenvalue weighted by atomic mass is 10.1. The molecule has 75 valence electrons. The van der Waals surface area contributed by atoms with Crippen molar-refractivity contribution in [2.45, 2.75) is 0 Å². The molecule has 0 atom stereocenters. The summed E-state index contributed by atoms with van der Waals surface area (Å²) in [7, 11) is 1.34. The van der Waals surface area contributed by atoms with Gasteiger partial charge in [-0.2, -0.15) is 0 Å². The lowest BCUT2D eigenvalue weighted by molar-refractivity contribution is 0.187. The van der Waals surface area contributed by atoms with Crippen LogP contribution in [0.3, 0.4) is 0 Å². The molecule has 0 aliphatic rings. The van der Waals surface area contributed by atoms with Crippen molar-refractivity contribution >= 4 is 22.6 Å². The summed E-state index contributed by atoms with van der Waals surface area (Å²) in [5, 5.41) is 4.57. The summed E-state index contributed by atoms with van der Waals surface area (Å²) in [4.78, 5) is 11.1. The minimum absolute atomic E-state index is 0.466. The van der Waals surface area contributed by atoms with E-state index in [1.165, 1.54) is 7.11 Å². The molecule has 0 fully saturated rings. The quantitative estimate of drug-likeness (QED) is 0.768. The highest BCUT2D eigenvalue weighted by Gasteiger charge is 2.03. The molecular formula is C12H10NO2. The number of carbonyl (C=O) groups is 1. The molecule has 0 unspecified atom stereocenters. The summed E-state index contributed by atoms with van der Waals surface area (Å²) >= 11 is 0. The van der Waals surface area contributed by atoms with E-state index in [9.17, 15) is 4.79 Å². The van der Waals surface area contributed by atoms with Crippen molar-refractivity contribution in [1.82, 2.24) is 0 Å². The smallest absolute Gasteiger partial charge is 0.411 e. The van der Waals surface area contributed by atoms with Crippen LogP contribution < -0.4 is 5.32 Å². The minimum Gasteiger partial charge on any atom is -0.453 e. The fourth-order valence-electron chi connectivity index (χ4n) is 1.42. The van der Waals surface area contributed by atoms with Crippen molar-refractivity contribution in [3.8, 4) is 0 Å². The Morgan fingerprint density at radius 3 is 3.00 bits per heavy atom.